The summed E-state index contributed by atoms with van der Waals surface area (Å²) in [7, 11) is 0. The summed E-state index contributed by atoms with van der Waals surface area (Å²) in [5.74, 6) is -1.88. The number of Topliss-reactive ketones (excluding diaryl/α,β-unsaturated/α-hetero) is 1. The maximum Gasteiger partial charge on any atom is 0.252 e. The van der Waals surface area contributed by atoms with Gasteiger partial charge in [0.25, 0.3) is 5.91 Å². The first-order valence-corrected chi connectivity index (χ1v) is 12.9. The number of nitrogens with zero attached hydrogens (tertiary/aromatic N) is 2. The lowest BCUT2D eigenvalue weighted by Crippen LogP contribution is -2.57. The molecule has 0 radical (unpaired) electrons. The zero-order valence-corrected chi connectivity index (χ0v) is 22.5. The van der Waals surface area contributed by atoms with Crippen LogP contribution in [0.5, 0.6) is 0 Å². The van der Waals surface area contributed by atoms with E-state index in [1.54, 1.807) is 30.5 Å². The van der Waals surface area contributed by atoms with Crippen molar-refractivity contribution in [3.05, 3.63) is 84.4 Å². The average molecular weight is 542 g/mol. The molecule has 0 aliphatic carbocycles. The van der Waals surface area contributed by atoms with Crippen molar-refractivity contribution < 1.29 is 23.6 Å². The highest BCUT2D eigenvalue weighted by Gasteiger charge is 2.27. The molecular formula is C30H31N5O5. The van der Waals surface area contributed by atoms with Crippen molar-refractivity contribution in [3.63, 3.8) is 0 Å². The van der Waals surface area contributed by atoms with Gasteiger partial charge in [0.05, 0.1) is 12.1 Å². The summed E-state index contributed by atoms with van der Waals surface area (Å²) in [5.41, 5.74) is 3.73. The fourth-order valence-corrected chi connectivity index (χ4v) is 4.20. The molecule has 2 atom stereocenters. The van der Waals surface area contributed by atoms with E-state index in [4.69, 9.17) is 4.42 Å². The van der Waals surface area contributed by atoms with Gasteiger partial charge in [-0.3, -0.25) is 24.2 Å². The summed E-state index contributed by atoms with van der Waals surface area (Å²) >= 11 is 0. The number of hydrogen-bond acceptors (Lipinski definition) is 7. The molecule has 4 aromatic rings. The molecular weight excluding hydrogens is 510 g/mol. The van der Waals surface area contributed by atoms with Gasteiger partial charge in [-0.15, -0.1) is 0 Å². The van der Waals surface area contributed by atoms with E-state index in [1.807, 2.05) is 50.2 Å². The Balaban J connectivity index is 1.41. The van der Waals surface area contributed by atoms with Crippen LogP contribution in [0.1, 0.15) is 43.1 Å². The van der Waals surface area contributed by atoms with Crippen LogP contribution in [0, 0.1) is 5.92 Å². The van der Waals surface area contributed by atoms with E-state index in [2.05, 4.69) is 25.9 Å². The molecule has 0 aliphatic rings. The standard InChI is InChI=1S/C30H31N5O5/c1-18(2)13-25(33-29(38)22-10-11-26-24(16-22)32-17-40-26)30(39)35-28(19(3)36)34-27(37)15-20-7-6-8-21(14-20)23-9-4-5-12-31-23/h4-12,14,16-18,25,28H,13,15H2,1-3H3,(H,33,38)(H,34,37)(H,35,39)/t25-,28?/m0/s1. The van der Waals surface area contributed by atoms with Crippen molar-refractivity contribution >= 4 is 34.6 Å². The third-order valence-corrected chi connectivity index (χ3v) is 6.17. The summed E-state index contributed by atoms with van der Waals surface area (Å²) in [4.78, 5) is 59.7. The second-order valence-corrected chi connectivity index (χ2v) is 9.90. The number of aromatic nitrogens is 2. The Morgan fingerprint density at radius 2 is 1.73 bits per heavy atom. The van der Waals surface area contributed by atoms with Gasteiger partial charge < -0.3 is 20.4 Å². The molecule has 10 nitrogen and oxygen atoms in total. The lowest BCUT2D eigenvalue weighted by atomic mass is 10.0. The molecule has 2 aromatic heterocycles. The largest absolute Gasteiger partial charge is 0.443 e. The van der Waals surface area contributed by atoms with E-state index >= 15 is 0 Å². The second kappa shape index (κ2) is 12.8. The van der Waals surface area contributed by atoms with Crippen molar-refractivity contribution in [2.24, 2.45) is 5.92 Å². The minimum Gasteiger partial charge on any atom is -0.443 e. The van der Waals surface area contributed by atoms with Crippen LogP contribution in [0.3, 0.4) is 0 Å². The molecule has 0 saturated heterocycles. The topological polar surface area (TPSA) is 143 Å². The summed E-state index contributed by atoms with van der Waals surface area (Å²) in [6, 6.07) is 16.8. The van der Waals surface area contributed by atoms with E-state index in [-0.39, 0.29) is 12.3 Å². The molecule has 0 fully saturated rings. The molecule has 2 aromatic carbocycles. The Bertz CT molecular complexity index is 1520. The van der Waals surface area contributed by atoms with Crippen LogP contribution < -0.4 is 16.0 Å². The number of hydrogen-bond donors (Lipinski definition) is 3. The summed E-state index contributed by atoms with van der Waals surface area (Å²) in [6.07, 6.45) is 2.05. The number of pyridine rings is 1. The van der Waals surface area contributed by atoms with Gasteiger partial charge >= 0.3 is 0 Å². The minimum atomic E-state index is -1.25. The zero-order valence-electron chi connectivity index (χ0n) is 22.5. The molecule has 2 heterocycles. The first kappa shape index (κ1) is 28.2. The van der Waals surface area contributed by atoms with Gasteiger partial charge in [-0.2, -0.15) is 0 Å². The van der Waals surface area contributed by atoms with Crippen LogP contribution >= 0.6 is 0 Å². The molecule has 3 amide bonds. The molecule has 0 aliphatic heterocycles. The van der Waals surface area contributed by atoms with Gasteiger partial charge in [-0.1, -0.05) is 38.1 Å². The third kappa shape index (κ3) is 7.37. The molecule has 3 N–H and O–H groups in total. The van der Waals surface area contributed by atoms with E-state index in [0.29, 0.717) is 23.1 Å². The van der Waals surface area contributed by atoms with E-state index in [1.165, 1.54) is 13.3 Å². The third-order valence-electron chi connectivity index (χ3n) is 6.17. The number of rotatable bonds is 11. The summed E-state index contributed by atoms with van der Waals surface area (Å²) in [5, 5.41) is 7.92. The smallest absolute Gasteiger partial charge is 0.252 e. The summed E-state index contributed by atoms with van der Waals surface area (Å²) < 4.78 is 5.21. The fourth-order valence-electron chi connectivity index (χ4n) is 4.20. The normalized spacial score (nSPS) is 12.5. The predicted octanol–water partition coefficient (Wildman–Crippen LogP) is 3.42. The molecule has 0 spiro atoms. The minimum absolute atomic E-state index is 0.00297. The number of fused-ring (bicyclic) bond motifs is 1. The van der Waals surface area contributed by atoms with Crippen LogP contribution in [-0.2, 0) is 20.8 Å². The SMILES string of the molecule is CC(=O)C(NC(=O)Cc1cccc(-c2ccccn2)c1)NC(=O)[C@H](CC(C)C)NC(=O)c1ccc2ocnc2c1. The number of carbonyl (C=O) groups is 4. The molecule has 40 heavy (non-hydrogen) atoms. The number of carbonyl (C=O) groups excluding carboxylic acids is 4. The number of oxazole rings is 1. The molecule has 206 valence electrons. The molecule has 10 heteroatoms. The average Bonchev–Trinajstić information content (AvgIpc) is 3.40. The predicted molar refractivity (Wildman–Crippen MR) is 149 cm³/mol. The number of ketones is 1. The Hall–Kier alpha value is -4.86. The number of nitrogens with one attached hydrogen (secondary N) is 3. The summed E-state index contributed by atoms with van der Waals surface area (Å²) in [6.45, 7) is 5.10. The lowest BCUT2D eigenvalue weighted by molar-refractivity contribution is -0.131. The monoisotopic (exact) mass is 541 g/mol. The highest BCUT2D eigenvalue weighted by atomic mass is 16.3. The Morgan fingerprint density at radius 3 is 2.45 bits per heavy atom. The Morgan fingerprint density at radius 1 is 0.900 bits per heavy atom. The highest BCUT2D eigenvalue weighted by Crippen LogP contribution is 2.18. The maximum absolute atomic E-state index is 13.2. The first-order chi connectivity index (χ1) is 19.2. The molecule has 4 rings (SSSR count). The van der Waals surface area contributed by atoms with Gasteiger partial charge in [0.1, 0.15) is 11.6 Å². The van der Waals surface area contributed by atoms with Crippen LogP contribution in [0.4, 0.5) is 0 Å². The highest BCUT2D eigenvalue weighted by molar-refractivity contribution is 6.00. The van der Waals surface area contributed by atoms with Crippen LogP contribution in [0.25, 0.3) is 22.4 Å². The van der Waals surface area contributed by atoms with Gasteiger partial charge in [0.15, 0.2) is 23.9 Å². The number of benzene rings is 2. The second-order valence-electron chi connectivity index (χ2n) is 9.90. The van der Waals surface area contributed by atoms with Crippen LogP contribution in [0.2, 0.25) is 0 Å². The molecule has 0 saturated carbocycles. The van der Waals surface area contributed by atoms with Crippen LogP contribution in [0.15, 0.2) is 77.7 Å². The lowest BCUT2D eigenvalue weighted by Gasteiger charge is -2.24. The Labute approximate surface area is 231 Å². The molecule has 0 bridgehead atoms. The van der Waals surface area contributed by atoms with Gasteiger partial charge in [0.2, 0.25) is 11.8 Å². The van der Waals surface area contributed by atoms with Crippen molar-refractivity contribution in [1.29, 1.82) is 0 Å². The van der Waals surface area contributed by atoms with Gasteiger partial charge in [-0.25, -0.2) is 4.98 Å². The van der Waals surface area contributed by atoms with Gasteiger partial charge in [-0.05, 0) is 61.2 Å². The zero-order chi connectivity index (χ0) is 28.6. The van der Waals surface area contributed by atoms with Gasteiger partial charge in [0, 0.05) is 17.3 Å². The van der Waals surface area contributed by atoms with Crippen molar-refractivity contribution in [2.45, 2.75) is 45.8 Å². The number of amides is 3. The van der Waals surface area contributed by atoms with E-state index in [0.717, 1.165) is 16.8 Å². The first-order valence-electron chi connectivity index (χ1n) is 12.9. The van der Waals surface area contributed by atoms with Crippen molar-refractivity contribution in [1.82, 2.24) is 25.9 Å². The Kier molecular flexibility index (Phi) is 9.00. The molecule has 1 unspecified atom stereocenters. The van der Waals surface area contributed by atoms with Crippen molar-refractivity contribution in [2.75, 3.05) is 0 Å². The van der Waals surface area contributed by atoms with E-state index < -0.39 is 35.7 Å². The maximum atomic E-state index is 13.2. The van der Waals surface area contributed by atoms with Crippen LogP contribution in [-0.4, -0.2) is 45.7 Å². The fraction of sp³-hybridized carbons (Fsp3) is 0.267. The quantitative estimate of drug-likeness (QED) is 0.247. The van der Waals surface area contributed by atoms with Crippen molar-refractivity contribution in [3.8, 4) is 11.3 Å². The van der Waals surface area contributed by atoms with E-state index in [9.17, 15) is 19.2 Å².